The molecule has 4 aromatic carbocycles. The first-order chi connectivity index (χ1) is 18.2. The number of benzene rings is 4. The molecule has 0 saturated heterocycles. The summed E-state index contributed by atoms with van der Waals surface area (Å²) in [6, 6.07) is 30.8. The molecule has 0 atom stereocenters. The van der Waals surface area contributed by atoms with Crippen molar-refractivity contribution in [1.29, 1.82) is 0 Å². The molecule has 37 heavy (non-hydrogen) atoms. The van der Waals surface area contributed by atoms with Crippen LogP contribution in [0.15, 0.2) is 91.0 Å². The lowest BCUT2D eigenvalue weighted by molar-refractivity contribution is -0.120. The summed E-state index contributed by atoms with van der Waals surface area (Å²) < 4.78 is 8.47. The first-order valence-electron chi connectivity index (χ1n) is 13.0. The van der Waals surface area contributed by atoms with Gasteiger partial charge in [0.1, 0.15) is 11.6 Å². The summed E-state index contributed by atoms with van der Waals surface area (Å²) in [4.78, 5) is 17.3. The minimum absolute atomic E-state index is 0.0633. The van der Waals surface area contributed by atoms with E-state index >= 15 is 0 Å². The Morgan fingerprint density at radius 3 is 2.59 bits per heavy atom. The van der Waals surface area contributed by atoms with Crippen LogP contribution in [0.2, 0.25) is 0 Å². The fraction of sp³-hybridized carbons (Fsp3) is 0.250. The molecule has 0 unspecified atom stereocenters. The zero-order valence-corrected chi connectivity index (χ0v) is 21.3. The molecule has 0 bridgehead atoms. The second-order valence-electron chi connectivity index (χ2n) is 9.40. The van der Waals surface area contributed by atoms with E-state index in [0.29, 0.717) is 19.6 Å². The number of aromatic nitrogens is 2. The minimum Gasteiger partial charge on any atom is -0.493 e. The zero-order valence-electron chi connectivity index (χ0n) is 21.3. The highest BCUT2D eigenvalue weighted by atomic mass is 16.5. The number of ether oxygens (including phenoxy) is 1. The Morgan fingerprint density at radius 1 is 0.892 bits per heavy atom. The summed E-state index contributed by atoms with van der Waals surface area (Å²) in [5, 5.41) is 5.40. The van der Waals surface area contributed by atoms with Crippen molar-refractivity contribution in [2.24, 2.45) is 0 Å². The van der Waals surface area contributed by atoms with E-state index in [9.17, 15) is 4.79 Å². The highest BCUT2D eigenvalue weighted by molar-refractivity contribution is 5.88. The van der Waals surface area contributed by atoms with Crippen molar-refractivity contribution in [3.05, 3.63) is 108 Å². The Morgan fingerprint density at radius 2 is 1.68 bits per heavy atom. The van der Waals surface area contributed by atoms with Gasteiger partial charge in [-0.3, -0.25) is 4.79 Å². The minimum atomic E-state index is 0.0633. The van der Waals surface area contributed by atoms with Gasteiger partial charge in [-0.05, 0) is 54.5 Å². The predicted molar refractivity (Wildman–Crippen MR) is 150 cm³/mol. The average Bonchev–Trinajstić information content (AvgIpc) is 3.28. The molecule has 1 N–H and O–H groups in total. The van der Waals surface area contributed by atoms with Crippen molar-refractivity contribution in [2.45, 2.75) is 39.2 Å². The maximum Gasteiger partial charge on any atom is 0.224 e. The lowest BCUT2D eigenvalue weighted by Crippen LogP contribution is -2.26. The molecular formula is C32H33N3O2. The molecular weight excluding hydrogens is 458 g/mol. The highest BCUT2D eigenvalue weighted by Crippen LogP contribution is 2.25. The molecule has 0 fully saturated rings. The van der Waals surface area contributed by atoms with E-state index in [2.05, 4.69) is 46.3 Å². The molecule has 1 amide bonds. The lowest BCUT2D eigenvalue weighted by Gasteiger charge is -2.12. The molecule has 0 aliphatic heterocycles. The summed E-state index contributed by atoms with van der Waals surface area (Å²) in [5.41, 5.74) is 4.38. The summed E-state index contributed by atoms with van der Waals surface area (Å²) in [6.07, 6.45) is 2.95. The van der Waals surface area contributed by atoms with Gasteiger partial charge in [0.05, 0.1) is 24.1 Å². The van der Waals surface area contributed by atoms with E-state index in [1.165, 1.54) is 5.39 Å². The van der Waals surface area contributed by atoms with Crippen molar-refractivity contribution in [1.82, 2.24) is 14.9 Å². The van der Waals surface area contributed by atoms with E-state index in [1.54, 1.807) is 0 Å². The normalized spacial score (nSPS) is 11.2. The van der Waals surface area contributed by atoms with E-state index < -0.39 is 0 Å². The number of nitrogens with one attached hydrogen (secondary N) is 1. The zero-order chi connectivity index (χ0) is 25.5. The van der Waals surface area contributed by atoms with Gasteiger partial charge in [0.15, 0.2) is 0 Å². The molecule has 5 nitrogen and oxygen atoms in total. The molecule has 1 aromatic heterocycles. The fourth-order valence-electron chi connectivity index (χ4n) is 4.81. The quantitative estimate of drug-likeness (QED) is 0.222. The van der Waals surface area contributed by atoms with Crippen LogP contribution in [-0.4, -0.2) is 28.6 Å². The van der Waals surface area contributed by atoms with Gasteiger partial charge < -0.3 is 14.6 Å². The molecule has 0 spiro atoms. The molecule has 5 heteroatoms. The Kier molecular flexibility index (Phi) is 7.80. The Bertz CT molecular complexity index is 1500. The van der Waals surface area contributed by atoms with Crippen LogP contribution in [0, 0.1) is 6.92 Å². The first kappa shape index (κ1) is 24.6. The predicted octanol–water partition coefficient (Wildman–Crippen LogP) is 6.26. The van der Waals surface area contributed by atoms with Crippen LogP contribution in [0.3, 0.4) is 0 Å². The molecule has 5 rings (SSSR count). The number of amides is 1. The third kappa shape index (κ3) is 6.00. The molecule has 0 aliphatic carbocycles. The number of nitrogens with zero attached hydrogens (tertiary/aromatic N) is 2. The van der Waals surface area contributed by atoms with Crippen molar-refractivity contribution >= 4 is 27.7 Å². The van der Waals surface area contributed by atoms with Crippen LogP contribution in [0.4, 0.5) is 0 Å². The van der Waals surface area contributed by atoms with Gasteiger partial charge in [-0.1, -0.05) is 72.8 Å². The number of para-hydroxylation sites is 2. The van der Waals surface area contributed by atoms with Crippen molar-refractivity contribution in [2.75, 3.05) is 13.2 Å². The standard InChI is InChI=1S/C32H33N3O2/c1-24-11-2-3-13-26(24)23-32(36)33-20-9-19-31-34-28-16-6-7-17-29(28)35(31)21-10-22-37-30-18-8-14-25-12-4-5-15-27(25)30/h2-8,11-18H,9-10,19-23H2,1H3,(H,33,36). The van der Waals surface area contributed by atoms with E-state index in [1.807, 2.05) is 61.5 Å². The van der Waals surface area contributed by atoms with Crippen molar-refractivity contribution in [3.8, 4) is 5.75 Å². The highest BCUT2D eigenvalue weighted by Gasteiger charge is 2.11. The molecule has 1 heterocycles. The number of hydrogen-bond acceptors (Lipinski definition) is 3. The molecule has 188 valence electrons. The smallest absolute Gasteiger partial charge is 0.224 e. The molecule has 0 saturated carbocycles. The number of imidazole rings is 1. The Labute approximate surface area is 218 Å². The lowest BCUT2D eigenvalue weighted by atomic mass is 10.1. The SMILES string of the molecule is Cc1ccccc1CC(=O)NCCCc1nc2ccccc2n1CCCOc1cccc2ccccc12. The van der Waals surface area contributed by atoms with Gasteiger partial charge in [0.25, 0.3) is 0 Å². The maximum atomic E-state index is 12.4. The van der Waals surface area contributed by atoms with Crippen LogP contribution in [0.1, 0.15) is 29.8 Å². The van der Waals surface area contributed by atoms with Crippen LogP contribution in [-0.2, 0) is 24.2 Å². The fourth-order valence-corrected chi connectivity index (χ4v) is 4.81. The van der Waals surface area contributed by atoms with Crippen molar-refractivity contribution in [3.63, 3.8) is 0 Å². The number of carbonyl (C=O) groups excluding carboxylic acids is 1. The summed E-state index contributed by atoms with van der Waals surface area (Å²) in [7, 11) is 0. The third-order valence-corrected chi connectivity index (χ3v) is 6.78. The molecule has 0 radical (unpaired) electrons. The average molecular weight is 492 g/mol. The topological polar surface area (TPSA) is 56.2 Å². The number of carbonyl (C=O) groups is 1. The van der Waals surface area contributed by atoms with Crippen LogP contribution >= 0.6 is 0 Å². The second kappa shape index (κ2) is 11.7. The molecule has 5 aromatic rings. The number of aryl methyl sites for hydroxylation is 3. The summed E-state index contributed by atoms with van der Waals surface area (Å²) in [6.45, 7) is 4.15. The van der Waals surface area contributed by atoms with E-state index in [0.717, 1.165) is 64.9 Å². The Balaban J connectivity index is 1.16. The second-order valence-corrected chi connectivity index (χ2v) is 9.40. The molecule has 0 aliphatic rings. The number of hydrogen-bond donors (Lipinski definition) is 1. The summed E-state index contributed by atoms with van der Waals surface area (Å²) in [5.74, 6) is 2.04. The van der Waals surface area contributed by atoms with Crippen LogP contribution < -0.4 is 10.1 Å². The number of fused-ring (bicyclic) bond motifs is 2. The van der Waals surface area contributed by atoms with Crippen LogP contribution in [0.5, 0.6) is 5.75 Å². The van der Waals surface area contributed by atoms with Gasteiger partial charge >= 0.3 is 0 Å². The van der Waals surface area contributed by atoms with Gasteiger partial charge in [-0.25, -0.2) is 4.98 Å². The van der Waals surface area contributed by atoms with Gasteiger partial charge in [-0.15, -0.1) is 0 Å². The monoisotopic (exact) mass is 491 g/mol. The maximum absolute atomic E-state index is 12.4. The third-order valence-electron chi connectivity index (χ3n) is 6.78. The summed E-state index contributed by atoms with van der Waals surface area (Å²) >= 11 is 0. The largest absolute Gasteiger partial charge is 0.493 e. The van der Waals surface area contributed by atoms with Crippen LogP contribution in [0.25, 0.3) is 21.8 Å². The van der Waals surface area contributed by atoms with E-state index in [4.69, 9.17) is 9.72 Å². The van der Waals surface area contributed by atoms with Gasteiger partial charge in [-0.2, -0.15) is 0 Å². The Hall–Kier alpha value is -4.12. The number of rotatable bonds is 11. The van der Waals surface area contributed by atoms with E-state index in [-0.39, 0.29) is 5.91 Å². The first-order valence-corrected chi connectivity index (χ1v) is 13.0. The van der Waals surface area contributed by atoms with Gasteiger partial charge in [0, 0.05) is 24.9 Å². The van der Waals surface area contributed by atoms with Crippen molar-refractivity contribution < 1.29 is 9.53 Å². The van der Waals surface area contributed by atoms with Gasteiger partial charge in [0.2, 0.25) is 5.91 Å².